The van der Waals surface area contributed by atoms with E-state index in [9.17, 15) is 0 Å². The molecule has 0 aromatic heterocycles. The van der Waals surface area contributed by atoms with Crippen LogP contribution in [0.1, 0.15) is 61.3 Å². The summed E-state index contributed by atoms with van der Waals surface area (Å²) in [5.41, 5.74) is 2.79. The van der Waals surface area contributed by atoms with E-state index >= 15 is 0 Å². The second-order valence-corrected chi connectivity index (χ2v) is 8.84. The first kappa shape index (κ1) is 23.4. The first-order valence-electron chi connectivity index (χ1n) is 8.93. The van der Waals surface area contributed by atoms with Crippen LogP contribution in [0.5, 0.6) is 0 Å². The van der Waals surface area contributed by atoms with Gasteiger partial charge in [0.15, 0.2) is 0 Å². The summed E-state index contributed by atoms with van der Waals surface area (Å²) in [6.07, 6.45) is 19.9. The molecule has 2 heteroatoms. The lowest BCUT2D eigenvalue weighted by atomic mass is 10.0. The fourth-order valence-corrected chi connectivity index (χ4v) is 2.81. The van der Waals surface area contributed by atoms with Crippen LogP contribution in [0.4, 0.5) is 0 Å². The van der Waals surface area contributed by atoms with Gasteiger partial charge in [-0.1, -0.05) is 80.2 Å². The van der Waals surface area contributed by atoms with Gasteiger partial charge in [-0.05, 0) is 63.5 Å². The largest absolute Gasteiger partial charge is 0.110 e. The number of thiol groups is 1. The molecule has 0 N–H and O–H groups in total. The molecule has 1 atom stereocenters. The molecule has 0 saturated carbocycles. The third-order valence-electron chi connectivity index (χ3n) is 4.01. The fourth-order valence-electron chi connectivity index (χ4n) is 2.26. The first-order valence-corrected chi connectivity index (χ1v) is 10.8. The van der Waals surface area contributed by atoms with Gasteiger partial charge in [0.25, 0.3) is 0 Å². The van der Waals surface area contributed by atoms with E-state index in [-0.39, 0.29) is 4.75 Å². The van der Waals surface area contributed by atoms with Crippen LogP contribution in [-0.4, -0.2) is 4.75 Å². The standard InChI is InChI=1S/C11H18S2.C11H18/c1-5-7-9-10(8-6-2)11(3,4)13-12;1-9(2)11-6-4-5-10(3)7-8-11/h5-9,12H,1-4H3;4,6,8-10H,5,7H2,1-3H3/b7-5-,8-6-,10-9+;. The molecular weight excluding hydrogens is 328 g/mol. The van der Waals surface area contributed by atoms with Crippen LogP contribution < -0.4 is 0 Å². The van der Waals surface area contributed by atoms with Crippen LogP contribution in [0.3, 0.4) is 0 Å². The van der Waals surface area contributed by atoms with Gasteiger partial charge >= 0.3 is 0 Å². The molecule has 1 rings (SSSR count). The summed E-state index contributed by atoms with van der Waals surface area (Å²) in [6.45, 7) is 15.2. The maximum absolute atomic E-state index is 4.27. The molecule has 0 radical (unpaired) electrons. The molecule has 0 aromatic carbocycles. The maximum Gasteiger partial charge on any atom is 0.0453 e. The Bertz CT molecular complexity index is 488. The highest BCUT2D eigenvalue weighted by molar-refractivity contribution is 8.69. The van der Waals surface area contributed by atoms with E-state index in [0.29, 0.717) is 5.92 Å². The molecule has 1 unspecified atom stereocenters. The van der Waals surface area contributed by atoms with E-state index in [1.54, 1.807) is 10.8 Å². The Balaban J connectivity index is 0.000000446. The molecule has 136 valence electrons. The minimum absolute atomic E-state index is 0.0646. The van der Waals surface area contributed by atoms with Gasteiger partial charge in [0, 0.05) is 4.75 Å². The average molecular weight is 365 g/mol. The van der Waals surface area contributed by atoms with Gasteiger partial charge in [0.2, 0.25) is 0 Å². The van der Waals surface area contributed by atoms with E-state index in [4.69, 9.17) is 0 Å². The molecule has 0 aromatic rings. The van der Waals surface area contributed by atoms with E-state index < -0.39 is 0 Å². The van der Waals surface area contributed by atoms with Crippen molar-refractivity contribution in [1.82, 2.24) is 0 Å². The molecule has 0 amide bonds. The van der Waals surface area contributed by atoms with Crippen molar-refractivity contribution in [3.8, 4) is 0 Å². The van der Waals surface area contributed by atoms with Crippen molar-refractivity contribution in [1.29, 1.82) is 0 Å². The van der Waals surface area contributed by atoms with Gasteiger partial charge in [0.1, 0.15) is 0 Å². The molecule has 0 saturated heterocycles. The molecule has 0 bridgehead atoms. The van der Waals surface area contributed by atoms with Gasteiger partial charge < -0.3 is 0 Å². The smallest absolute Gasteiger partial charge is 0.0453 e. The normalized spacial score (nSPS) is 19.5. The second-order valence-electron chi connectivity index (χ2n) is 7.09. The Morgan fingerprint density at radius 1 is 1.25 bits per heavy atom. The minimum atomic E-state index is 0.0646. The lowest BCUT2D eigenvalue weighted by molar-refractivity contribution is 0.604. The van der Waals surface area contributed by atoms with Gasteiger partial charge in [-0.2, -0.15) is 0 Å². The zero-order valence-electron chi connectivity index (χ0n) is 16.5. The van der Waals surface area contributed by atoms with Crippen molar-refractivity contribution in [2.24, 2.45) is 11.8 Å². The van der Waals surface area contributed by atoms with Crippen LogP contribution in [0.25, 0.3) is 0 Å². The van der Waals surface area contributed by atoms with Crippen LogP contribution in [-0.2, 0) is 0 Å². The summed E-state index contributed by atoms with van der Waals surface area (Å²) in [5.74, 6) is 1.53. The highest BCUT2D eigenvalue weighted by Crippen LogP contribution is 2.35. The highest BCUT2D eigenvalue weighted by Gasteiger charge is 2.19. The van der Waals surface area contributed by atoms with Gasteiger partial charge in [-0.3, -0.25) is 0 Å². The van der Waals surface area contributed by atoms with Crippen molar-refractivity contribution in [2.75, 3.05) is 0 Å². The topological polar surface area (TPSA) is 0 Å². The minimum Gasteiger partial charge on any atom is -0.110 e. The van der Waals surface area contributed by atoms with Crippen LogP contribution in [0.2, 0.25) is 0 Å². The van der Waals surface area contributed by atoms with E-state index in [2.05, 4.69) is 88.8 Å². The Hall–Kier alpha value is -0.600. The molecular formula is C22H36S2. The summed E-state index contributed by atoms with van der Waals surface area (Å²) in [4.78, 5) is 0. The predicted octanol–water partition coefficient (Wildman–Crippen LogP) is 7.98. The quantitative estimate of drug-likeness (QED) is 0.293. The Morgan fingerprint density at radius 2 is 1.92 bits per heavy atom. The van der Waals surface area contributed by atoms with Crippen LogP contribution in [0, 0.1) is 11.8 Å². The van der Waals surface area contributed by atoms with Crippen molar-refractivity contribution < 1.29 is 0 Å². The maximum atomic E-state index is 4.27. The van der Waals surface area contributed by atoms with Gasteiger partial charge in [-0.25, -0.2) is 0 Å². The molecule has 0 aliphatic heterocycles. The lowest BCUT2D eigenvalue weighted by Crippen LogP contribution is -2.14. The lowest BCUT2D eigenvalue weighted by Gasteiger charge is -2.22. The van der Waals surface area contributed by atoms with Gasteiger partial charge in [0.05, 0.1) is 0 Å². The van der Waals surface area contributed by atoms with Gasteiger partial charge in [-0.15, -0.1) is 11.7 Å². The summed E-state index contributed by atoms with van der Waals surface area (Å²) in [7, 11) is 1.57. The summed E-state index contributed by atoms with van der Waals surface area (Å²) < 4.78 is 0.0646. The van der Waals surface area contributed by atoms with Crippen LogP contribution in [0.15, 0.2) is 59.8 Å². The van der Waals surface area contributed by atoms with Crippen molar-refractivity contribution in [2.45, 2.75) is 66.1 Å². The first-order chi connectivity index (χ1) is 11.3. The molecule has 24 heavy (non-hydrogen) atoms. The highest BCUT2D eigenvalue weighted by atomic mass is 33.1. The van der Waals surface area contributed by atoms with E-state index in [1.165, 1.54) is 24.0 Å². The van der Waals surface area contributed by atoms with E-state index in [0.717, 1.165) is 5.92 Å². The number of allylic oxidation sites excluding steroid dienone is 9. The molecule has 0 fully saturated rings. The zero-order chi connectivity index (χ0) is 18.6. The summed E-state index contributed by atoms with van der Waals surface area (Å²) in [6, 6.07) is 0. The van der Waals surface area contributed by atoms with Crippen LogP contribution >= 0.6 is 22.5 Å². The number of hydrogen-bond donors (Lipinski definition) is 1. The molecule has 1 aliphatic rings. The molecule has 0 heterocycles. The SMILES string of the molecule is CC1CC=CC(C(C)C)=CC1.C\C=C/C=C(\C=C/C)C(C)(C)SS. The van der Waals surface area contributed by atoms with E-state index in [1.807, 2.05) is 19.9 Å². The molecule has 0 spiro atoms. The Morgan fingerprint density at radius 3 is 2.42 bits per heavy atom. The third kappa shape index (κ3) is 9.64. The molecule has 0 nitrogen and oxygen atoms in total. The van der Waals surface area contributed by atoms with Crippen molar-refractivity contribution >= 4 is 22.5 Å². The predicted molar refractivity (Wildman–Crippen MR) is 119 cm³/mol. The monoisotopic (exact) mass is 364 g/mol. The Labute approximate surface area is 160 Å². The second kappa shape index (κ2) is 12.7. The number of rotatable bonds is 5. The molecule has 1 aliphatic carbocycles. The third-order valence-corrected chi connectivity index (χ3v) is 6.07. The van der Waals surface area contributed by atoms with Crippen molar-refractivity contribution in [3.05, 3.63) is 59.8 Å². The van der Waals surface area contributed by atoms with Crippen molar-refractivity contribution in [3.63, 3.8) is 0 Å². The number of hydrogen-bond acceptors (Lipinski definition) is 2. The summed E-state index contributed by atoms with van der Waals surface area (Å²) in [5, 5.41) is 0. The summed E-state index contributed by atoms with van der Waals surface area (Å²) >= 11 is 4.27. The Kier molecular flexibility index (Phi) is 12.4. The fraction of sp³-hybridized carbons (Fsp3) is 0.545. The zero-order valence-corrected chi connectivity index (χ0v) is 18.3. The average Bonchev–Trinajstić information content (AvgIpc) is 2.76.